The maximum absolute atomic E-state index is 11.2. The highest BCUT2D eigenvalue weighted by atomic mass is 16.4. The molecule has 19 heavy (non-hydrogen) atoms. The largest absolute Gasteiger partial charge is 0.480 e. The van der Waals surface area contributed by atoms with Crippen molar-refractivity contribution in [1.29, 1.82) is 0 Å². The van der Waals surface area contributed by atoms with Crippen LogP contribution in [-0.4, -0.2) is 41.4 Å². The Kier molecular flexibility index (Phi) is 4.32. The van der Waals surface area contributed by atoms with Gasteiger partial charge in [-0.2, -0.15) is 0 Å². The third kappa shape index (κ3) is 2.84. The number of benzene rings is 1. The molecule has 0 spiro atoms. The number of hydrogen-bond donors (Lipinski definition) is 1. The van der Waals surface area contributed by atoms with Gasteiger partial charge in [-0.3, -0.25) is 9.69 Å². The second-order valence-electron chi connectivity index (χ2n) is 5.03. The lowest BCUT2D eigenvalue weighted by Gasteiger charge is -2.22. The van der Waals surface area contributed by atoms with Gasteiger partial charge in [0.2, 0.25) is 0 Å². The Morgan fingerprint density at radius 3 is 2.63 bits per heavy atom. The van der Waals surface area contributed by atoms with Crippen molar-refractivity contribution < 1.29 is 14.7 Å². The van der Waals surface area contributed by atoms with Crippen LogP contribution in [0.4, 0.5) is 0 Å². The van der Waals surface area contributed by atoms with E-state index in [9.17, 15) is 14.7 Å². The molecule has 3 atom stereocenters. The number of nitrogens with zero attached hydrogens (tertiary/aromatic N) is 1. The van der Waals surface area contributed by atoms with Gasteiger partial charge in [0.05, 0.1) is 0 Å². The highest BCUT2D eigenvalue weighted by molar-refractivity contribution is 5.73. The number of carbonyl (C=O) groups excluding carboxylic acids is 1. The number of carboxylic acids is 1. The minimum Gasteiger partial charge on any atom is -0.480 e. The van der Waals surface area contributed by atoms with Crippen LogP contribution in [0.15, 0.2) is 30.3 Å². The molecule has 1 fully saturated rings. The molecule has 1 saturated heterocycles. The van der Waals surface area contributed by atoms with Crippen molar-refractivity contribution in [3.8, 4) is 0 Å². The fourth-order valence-corrected chi connectivity index (χ4v) is 2.89. The maximum Gasteiger partial charge on any atom is 0.320 e. The fraction of sp³-hybridized carbons (Fsp3) is 0.467. The SMILES string of the molecule is CC[C@H](C(=O)O)N1CC(C=O)C(c2ccccc2)C1. The molecule has 2 rings (SSSR count). The van der Waals surface area contributed by atoms with Crippen LogP contribution in [0, 0.1) is 5.92 Å². The Balaban J connectivity index is 2.18. The summed E-state index contributed by atoms with van der Waals surface area (Å²) >= 11 is 0. The average Bonchev–Trinajstić information content (AvgIpc) is 2.84. The minimum atomic E-state index is -0.805. The zero-order chi connectivity index (χ0) is 13.8. The van der Waals surface area contributed by atoms with Crippen LogP contribution in [0.25, 0.3) is 0 Å². The van der Waals surface area contributed by atoms with Crippen molar-refractivity contribution in [3.05, 3.63) is 35.9 Å². The normalized spacial score (nSPS) is 25.1. The number of aliphatic carboxylic acids is 1. The molecule has 1 aromatic carbocycles. The van der Waals surface area contributed by atoms with Gasteiger partial charge in [0.15, 0.2) is 0 Å². The third-order valence-corrected chi connectivity index (χ3v) is 3.91. The molecule has 1 aliphatic heterocycles. The van der Waals surface area contributed by atoms with Gasteiger partial charge in [0.1, 0.15) is 12.3 Å². The van der Waals surface area contributed by atoms with Crippen LogP contribution in [-0.2, 0) is 9.59 Å². The third-order valence-electron chi connectivity index (χ3n) is 3.91. The molecule has 0 saturated carbocycles. The molecule has 2 unspecified atom stereocenters. The molecule has 0 amide bonds. The summed E-state index contributed by atoms with van der Waals surface area (Å²) in [6, 6.07) is 9.37. The molecular formula is C15H19NO3. The summed E-state index contributed by atoms with van der Waals surface area (Å²) < 4.78 is 0. The Morgan fingerprint density at radius 1 is 1.42 bits per heavy atom. The van der Waals surface area contributed by atoms with Gasteiger partial charge in [-0.15, -0.1) is 0 Å². The van der Waals surface area contributed by atoms with E-state index in [1.54, 1.807) is 0 Å². The van der Waals surface area contributed by atoms with Gasteiger partial charge < -0.3 is 9.90 Å². The Hall–Kier alpha value is -1.68. The molecule has 0 radical (unpaired) electrons. The van der Waals surface area contributed by atoms with Gasteiger partial charge in [-0.1, -0.05) is 37.3 Å². The molecule has 0 aliphatic carbocycles. The summed E-state index contributed by atoms with van der Waals surface area (Å²) in [5, 5.41) is 9.22. The first-order chi connectivity index (χ1) is 9.17. The lowest BCUT2D eigenvalue weighted by atomic mass is 9.90. The zero-order valence-corrected chi connectivity index (χ0v) is 11.0. The van der Waals surface area contributed by atoms with Crippen molar-refractivity contribution >= 4 is 12.3 Å². The van der Waals surface area contributed by atoms with Crippen LogP contribution in [0.5, 0.6) is 0 Å². The van der Waals surface area contributed by atoms with Gasteiger partial charge in [-0.25, -0.2) is 0 Å². The molecule has 1 aromatic rings. The Morgan fingerprint density at radius 2 is 2.11 bits per heavy atom. The van der Waals surface area contributed by atoms with E-state index in [2.05, 4.69) is 0 Å². The van der Waals surface area contributed by atoms with Crippen molar-refractivity contribution in [1.82, 2.24) is 4.90 Å². The highest BCUT2D eigenvalue weighted by Crippen LogP contribution is 2.32. The zero-order valence-electron chi connectivity index (χ0n) is 11.0. The molecule has 1 N–H and O–H groups in total. The number of carboxylic acid groups (broad SMARTS) is 1. The molecule has 4 nitrogen and oxygen atoms in total. The van der Waals surface area contributed by atoms with Crippen LogP contribution in [0.3, 0.4) is 0 Å². The average molecular weight is 261 g/mol. The van der Waals surface area contributed by atoms with Crippen molar-refractivity contribution in [2.45, 2.75) is 25.3 Å². The molecule has 1 heterocycles. The van der Waals surface area contributed by atoms with Crippen LogP contribution < -0.4 is 0 Å². The molecule has 0 bridgehead atoms. The van der Waals surface area contributed by atoms with Gasteiger partial charge >= 0.3 is 5.97 Å². The second kappa shape index (κ2) is 5.97. The summed E-state index contributed by atoms with van der Waals surface area (Å²) in [5.74, 6) is -0.816. The summed E-state index contributed by atoms with van der Waals surface area (Å²) in [4.78, 5) is 24.4. The van der Waals surface area contributed by atoms with Crippen molar-refractivity contribution in [2.75, 3.05) is 13.1 Å². The van der Waals surface area contributed by atoms with Gasteiger partial charge in [0.25, 0.3) is 0 Å². The lowest BCUT2D eigenvalue weighted by molar-refractivity contribution is -0.143. The van der Waals surface area contributed by atoms with E-state index in [1.807, 2.05) is 42.2 Å². The van der Waals surface area contributed by atoms with Crippen molar-refractivity contribution in [3.63, 3.8) is 0 Å². The minimum absolute atomic E-state index is 0.104. The monoisotopic (exact) mass is 261 g/mol. The Bertz CT molecular complexity index is 446. The lowest BCUT2D eigenvalue weighted by Crippen LogP contribution is -2.39. The maximum atomic E-state index is 11.2. The van der Waals surface area contributed by atoms with Crippen LogP contribution in [0.1, 0.15) is 24.8 Å². The second-order valence-corrected chi connectivity index (χ2v) is 5.03. The molecule has 102 valence electrons. The first kappa shape index (κ1) is 13.7. The topological polar surface area (TPSA) is 57.6 Å². The summed E-state index contributed by atoms with van der Waals surface area (Å²) in [6.07, 6.45) is 1.52. The van der Waals surface area contributed by atoms with Gasteiger partial charge in [0, 0.05) is 24.9 Å². The molecule has 0 aromatic heterocycles. The first-order valence-electron chi connectivity index (χ1n) is 6.64. The van der Waals surface area contributed by atoms with E-state index in [0.29, 0.717) is 19.5 Å². The molecule has 4 heteroatoms. The van der Waals surface area contributed by atoms with E-state index in [1.165, 1.54) is 0 Å². The summed E-state index contributed by atoms with van der Waals surface area (Å²) in [6.45, 7) is 3.04. The van der Waals surface area contributed by atoms with Crippen LogP contribution in [0.2, 0.25) is 0 Å². The number of carbonyl (C=O) groups is 2. The van der Waals surface area contributed by atoms with Crippen molar-refractivity contribution in [2.24, 2.45) is 5.92 Å². The standard InChI is InChI=1S/C15H19NO3/c1-2-14(15(18)19)16-8-12(10-17)13(9-16)11-6-4-3-5-7-11/h3-7,10,12-14H,2,8-9H2,1H3,(H,18,19)/t12?,13?,14-/m1/s1. The summed E-state index contributed by atoms with van der Waals surface area (Å²) in [7, 11) is 0. The first-order valence-corrected chi connectivity index (χ1v) is 6.64. The van der Waals surface area contributed by atoms with Crippen LogP contribution >= 0.6 is 0 Å². The smallest absolute Gasteiger partial charge is 0.320 e. The van der Waals surface area contributed by atoms with E-state index < -0.39 is 12.0 Å². The fourth-order valence-electron chi connectivity index (χ4n) is 2.89. The van der Waals surface area contributed by atoms with Gasteiger partial charge in [-0.05, 0) is 12.0 Å². The highest BCUT2D eigenvalue weighted by Gasteiger charge is 2.38. The number of hydrogen-bond acceptors (Lipinski definition) is 3. The predicted molar refractivity (Wildman–Crippen MR) is 72.0 cm³/mol. The summed E-state index contributed by atoms with van der Waals surface area (Å²) in [5.41, 5.74) is 1.11. The number of aldehydes is 1. The molecular weight excluding hydrogens is 242 g/mol. The van der Waals surface area contributed by atoms with E-state index in [-0.39, 0.29) is 11.8 Å². The van der Waals surface area contributed by atoms with E-state index in [4.69, 9.17) is 0 Å². The Labute approximate surface area is 113 Å². The molecule has 1 aliphatic rings. The van der Waals surface area contributed by atoms with E-state index >= 15 is 0 Å². The number of rotatable bonds is 5. The quantitative estimate of drug-likeness (QED) is 0.821. The van der Waals surface area contributed by atoms with E-state index in [0.717, 1.165) is 11.8 Å². The number of likely N-dealkylation sites (tertiary alicyclic amines) is 1. The predicted octanol–water partition coefficient (Wildman–Crippen LogP) is 1.76.